The Kier molecular flexibility index (Phi) is 4.78. The Bertz CT molecular complexity index is 1260. The molecule has 0 radical (unpaired) electrons. The average molecular weight is 417 g/mol. The molecule has 31 heavy (non-hydrogen) atoms. The molecule has 0 spiro atoms. The molecule has 1 saturated heterocycles. The van der Waals surface area contributed by atoms with Crippen molar-refractivity contribution in [2.75, 3.05) is 43.9 Å². The minimum absolute atomic E-state index is 0.348. The van der Waals surface area contributed by atoms with Crippen LogP contribution in [0.1, 0.15) is 5.56 Å². The van der Waals surface area contributed by atoms with Crippen molar-refractivity contribution in [3.63, 3.8) is 0 Å². The summed E-state index contributed by atoms with van der Waals surface area (Å²) in [6.07, 6.45) is 0. The molecule has 5 rings (SSSR count). The number of piperazine rings is 1. The molecular formula is C23H24FN7. The molecule has 3 heterocycles. The Labute approximate surface area is 179 Å². The number of anilines is 2. The zero-order valence-corrected chi connectivity index (χ0v) is 17.6. The average Bonchev–Trinajstić information content (AvgIpc) is 3.10. The van der Waals surface area contributed by atoms with Crippen LogP contribution in [0.4, 0.5) is 16.2 Å². The first kappa shape index (κ1) is 19.4. The lowest BCUT2D eigenvalue weighted by atomic mass is 10.1. The molecule has 1 aliphatic heterocycles. The molecular weight excluding hydrogens is 393 g/mol. The molecule has 8 heteroatoms. The lowest BCUT2D eigenvalue weighted by molar-refractivity contribution is 0.311. The van der Waals surface area contributed by atoms with Crippen molar-refractivity contribution in [1.29, 1.82) is 0 Å². The van der Waals surface area contributed by atoms with Crippen LogP contribution in [0.3, 0.4) is 0 Å². The maximum Gasteiger partial charge on any atom is 0.228 e. The summed E-state index contributed by atoms with van der Waals surface area (Å²) >= 11 is 0. The number of rotatable bonds is 3. The minimum atomic E-state index is -0.348. The second kappa shape index (κ2) is 7.63. The fourth-order valence-corrected chi connectivity index (χ4v) is 3.95. The van der Waals surface area contributed by atoms with Gasteiger partial charge in [-0.15, -0.1) is 5.10 Å². The molecule has 1 fully saturated rings. The first-order chi connectivity index (χ1) is 15.0. The topological polar surface area (TPSA) is 76.1 Å². The molecule has 4 aromatic rings. The summed E-state index contributed by atoms with van der Waals surface area (Å²) in [6.45, 7) is 5.62. The maximum absolute atomic E-state index is 13.8. The second-order valence-electron chi connectivity index (χ2n) is 8.01. The van der Waals surface area contributed by atoms with Gasteiger partial charge in [-0.1, -0.05) is 29.8 Å². The smallest absolute Gasteiger partial charge is 0.228 e. The van der Waals surface area contributed by atoms with Gasteiger partial charge >= 0.3 is 0 Å². The van der Waals surface area contributed by atoms with E-state index in [2.05, 4.69) is 28.0 Å². The summed E-state index contributed by atoms with van der Waals surface area (Å²) in [4.78, 5) is 14.1. The van der Waals surface area contributed by atoms with Crippen LogP contribution in [0.5, 0.6) is 0 Å². The number of likely N-dealkylation sites (N-methyl/N-ethyl adjacent to an activating group) is 1. The molecule has 158 valence electrons. The molecule has 7 nitrogen and oxygen atoms in total. The number of nitrogens with zero attached hydrogens (tertiary/aromatic N) is 6. The summed E-state index contributed by atoms with van der Waals surface area (Å²) in [6, 6.07) is 14.3. The molecule has 0 saturated carbocycles. The SMILES string of the molecule is Cc1cccc(-c2nc(N3CCN(C)CC3)nc3nn(-c4cccc(F)c4)c(N)c23)c1. The number of hydrogen-bond donors (Lipinski definition) is 1. The van der Waals surface area contributed by atoms with E-state index in [9.17, 15) is 4.39 Å². The van der Waals surface area contributed by atoms with E-state index >= 15 is 0 Å². The number of aromatic nitrogens is 4. The summed E-state index contributed by atoms with van der Waals surface area (Å²) < 4.78 is 15.4. The van der Waals surface area contributed by atoms with Crippen molar-refractivity contribution in [2.45, 2.75) is 6.92 Å². The molecule has 2 aromatic carbocycles. The summed E-state index contributed by atoms with van der Waals surface area (Å²) in [7, 11) is 2.11. The van der Waals surface area contributed by atoms with Crippen molar-refractivity contribution in [1.82, 2.24) is 24.6 Å². The van der Waals surface area contributed by atoms with Gasteiger partial charge < -0.3 is 15.5 Å². The Morgan fingerprint density at radius 2 is 1.74 bits per heavy atom. The molecule has 0 amide bonds. The summed E-state index contributed by atoms with van der Waals surface area (Å²) in [5.41, 5.74) is 10.4. The number of halogens is 1. The van der Waals surface area contributed by atoms with Gasteiger partial charge in [0.2, 0.25) is 5.95 Å². The number of nitrogens with two attached hydrogens (primary N) is 1. The second-order valence-corrected chi connectivity index (χ2v) is 8.01. The van der Waals surface area contributed by atoms with Crippen molar-refractivity contribution >= 4 is 22.8 Å². The van der Waals surface area contributed by atoms with Gasteiger partial charge in [0.1, 0.15) is 11.6 Å². The number of benzene rings is 2. The Morgan fingerprint density at radius 3 is 2.48 bits per heavy atom. The minimum Gasteiger partial charge on any atom is -0.383 e. The largest absolute Gasteiger partial charge is 0.383 e. The van der Waals surface area contributed by atoms with Gasteiger partial charge in [0.15, 0.2) is 5.65 Å². The fourth-order valence-electron chi connectivity index (χ4n) is 3.95. The zero-order chi connectivity index (χ0) is 21.5. The van der Waals surface area contributed by atoms with Crippen molar-refractivity contribution in [2.24, 2.45) is 0 Å². The highest BCUT2D eigenvalue weighted by molar-refractivity contribution is 5.99. The predicted molar refractivity (Wildman–Crippen MR) is 121 cm³/mol. The van der Waals surface area contributed by atoms with Gasteiger partial charge in [-0.3, -0.25) is 0 Å². The van der Waals surface area contributed by atoms with Gasteiger partial charge in [0.25, 0.3) is 0 Å². The van der Waals surface area contributed by atoms with E-state index in [1.165, 1.54) is 16.8 Å². The standard InChI is InChI=1S/C23H24FN7/c1-15-5-3-6-16(13-15)20-19-21(25)31(18-8-4-7-17(24)14-18)28-22(19)27-23(26-20)30-11-9-29(2)10-12-30/h3-8,13-14H,9-12,25H2,1-2H3. The van der Waals surface area contributed by atoms with E-state index in [0.717, 1.165) is 43.0 Å². The molecule has 2 aromatic heterocycles. The van der Waals surface area contributed by atoms with Crippen LogP contribution in [0.25, 0.3) is 28.0 Å². The van der Waals surface area contributed by atoms with Gasteiger partial charge in [-0.2, -0.15) is 4.98 Å². The monoisotopic (exact) mass is 417 g/mol. The lowest BCUT2D eigenvalue weighted by Gasteiger charge is -2.32. The van der Waals surface area contributed by atoms with Gasteiger partial charge in [-0.25, -0.2) is 14.1 Å². The molecule has 1 aliphatic rings. The number of fused-ring (bicyclic) bond motifs is 1. The predicted octanol–water partition coefficient (Wildman–Crippen LogP) is 3.26. The van der Waals surface area contributed by atoms with Gasteiger partial charge in [0.05, 0.1) is 16.8 Å². The van der Waals surface area contributed by atoms with Crippen LogP contribution in [-0.2, 0) is 0 Å². The van der Waals surface area contributed by atoms with Crippen molar-refractivity contribution in [3.05, 3.63) is 59.9 Å². The summed E-state index contributed by atoms with van der Waals surface area (Å²) in [5.74, 6) is 0.683. The first-order valence-corrected chi connectivity index (χ1v) is 10.3. The van der Waals surface area contributed by atoms with Gasteiger partial charge in [0, 0.05) is 31.7 Å². The summed E-state index contributed by atoms with van der Waals surface area (Å²) in [5, 5.41) is 5.31. The van der Waals surface area contributed by atoms with Gasteiger partial charge in [-0.05, 0) is 38.2 Å². The van der Waals surface area contributed by atoms with E-state index in [1.54, 1.807) is 12.1 Å². The lowest BCUT2D eigenvalue weighted by Crippen LogP contribution is -2.45. The third-order valence-electron chi connectivity index (χ3n) is 5.69. The fraction of sp³-hybridized carbons (Fsp3) is 0.261. The molecule has 0 aliphatic carbocycles. The quantitative estimate of drug-likeness (QED) is 0.551. The Balaban J connectivity index is 1.73. The Morgan fingerprint density at radius 1 is 0.968 bits per heavy atom. The van der Waals surface area contributed by atoms with Crippen molar-refractivity contribution < 1.29 is 4.39 Å². The van der Waals surface area contributed by atoms with E-state index < -0.39 is 0 Å². The third-order valence-corrected chi connectivity index (χ3v) is 5.69. The molecule has 2 N–H and O–H groups in total. The zero-order valence-electron chi connectivity index (χ0n) is 17.6. The number of hydrogen-bond acceptors (Lipinski definition) is 6. The maximum atomic E-state index is 13.8. The van der Waals surface area contributed by atoms with Crippen LogP contribution >= 0.6 is 0 Å². The number of aryl methyl sites for hydroxylation is 1. The van der Waals surface area contributed by atoms with E-state index in [-0.39, 0.29) is 5.82 Å². The Hall–Kier alpha value is -3.52. The van der Waals surface area contributed by atoms with Crippen LogP contribution in [0, 0.1) is 12.7 Å². The van der Waals surface area contributed by atoms with Crippen LogP contribution in [0.2, 0.25) is 0 Å². The highest BCUT2D eigenvalue weighted by Crippen LogP contribution is 2.34. The van der Waals surface area contributed by atoms with E-state index in [4.69, 9.17) is 15.7 Å². The van der Waals surface area contributed by atoms with Crippen molar-refractivity contribution in [3.8, 4) is 16.9 Å². The molecule has 0 atom stereocenters. The first-order valence-electron chi connectivity index (χ1n) is 10.3. The van der Waals surface area contributed by atoms with Crippen LogP contribution < -0.4 is 10.6 Å². The molecule has 0 bridgehead atoms. The highest BCUT2D eigenvalue weighted by Gasteiger charge is 2.23. The van der Waals surface area contributed by atoms with E-state index in [0.29, 0.717) is 28.5 Å². The van der Waals surface area contributed by atoms with Crippen LogP contribution in [0.15, 0.2) is 48.5 Å². The number of nitrogen functional groups attached to an aromatic ring is 1. The normalized spacial score (nSPS) is 15.0. The third kappa shape index (κ3) is 3.59. The molecule has 0 unspecified atom stereocenters. The van der Waals surface area contributed by atoms with E-state index in [1.807, 2.05) is 25.1 Å². The van der Waals surface area contributed by atoms with Crippen LogP contribution in [-0.4, -0.2) is 57.9 Å². The highest BCUT2D eigenvalue weighted by atomic mass is 19.1.